The summed E-state index contributed by atoms with van der Waals surface area (Å²) in [6.07, 6.45) is 0. The van der Waals surface area contributed by atoms with E-state index in [9.17, 15) is 4.79 Å². The highest BCUT2D eigenvalue weighted by Crippen LogP contribution is 2.10. The number of rotatable bonds is 3. The molecule has 1 unspecified atom stereocenters. The lowest BCUT2D eigenvalue weighted by Gasteiger charge is -2.10. The lowest BCUT2D eigenvalue weighted by atomic mass is 10.2. The van der Waals surface area contributed by atoms with E-state index in [1.807, 2.05) is 24.3 Å². The van der Waals surface area contributed by atoms with Crippen molar-refractivity contribution in [2.45, 2.75) is 26.4 Å². The van der Waals surface area contributed by atoms with Crippen molar-refractivity contribution >= 4 is 41.5 Å². The van der Waals surface area contributed by atoms with Crippen LogP contribution in [-0.2, 0) is 11.3 Å². The standard InChI is InChI=1S/C13H18N4O.HI/c1-9-7-14-13(16-9)15-8-11-4-3-5-12(6-11)17-10(2)18;/h3-6,9H,7-8H2,1-2H3,(H,17,18)(H2,14,15,16);1H. The minimum absolute atomic E-state index is 0. The van der Waals surface area contributed by atoms with E-state index in [2.05, 4.69) is 27.9 Å². The topological polar surface area (TPSA) is 65.5 Å². The molecule has 2 rings (SSSR count). The Hall–Kier alpha value is -1.31. The quantitative estimate of drug-likeness (QED) is 0.706. The van der Waals surface area contributed by atoms with E-state index in [-0.39, 0.29) is 29.9 Å². The Kier molecular flexibility index (Phi) is 6.07. The first-order valence-electron chi connectivity index (χ1n) is 6.05. The van der Waals surface area contributed by atoms with Gasteiger partial charge in [0.25, 0.3) is 0 Å². The monoisotopic (exact) mass is 374 g/mol. The molecule has 0 aromatic heterocycles. The number of nitrogens with one attached hydrogen (secondary N) is 3. The molecule has 1 aromatic carbocycles. The molecule has 1 atom stereocenters. The van der Waals surface area contributed by atoms with Gasteiger partial charge in [-0.1, -0.05) is 12.1 Å². The first-order valence-corrected chi connectivity index (χ1v) is 6.05. The zero-order valence-corrected chi connectivity index (χ0v) is 13.4. The summed E-state index contributed by atoms with van der Waals surface area (Å²) in [7, 11) is 0. The van der Waals surface area contributed by atoms with Crippen LogP contribution in [0.4, 0.5) is 5.69 Å². The molecule has 5 nitrogen and oxygen atoms in total. The Bertz CT molecular complexity index is 475. The number of halogens is 1. The highest BCUT2D eigenvalue weighted by molar-refractivity contribution is 14.0. The maximum Gasteiger partial charge on any atom is 0.221 e. The van der Waals surface area contributed by atoms with Gasteiger partial charge < -0.3 is 16.0 Å². The number of guanidine groups is 1. The van der Waals surface area contributed by atoms with Gasteiger partial charge in [0, 0.05) is 25.2 Å². The molecule has 0 bridgehead atoms. The second-order valence-electron chi connectivity index (χ2n) is 4.47. The maximum absolute atomic E-state index is 11.0. The number of aliphatic imine (C=N–C) groups is 1. The van der Waals surface area contributed by atoms with Gasteiger partial charge in [0.05, 0.1) is 6.54 Å². The van der Waals surface area contributed by atoms with E-state index in [4.69, 9.17) is 0 Å². The Morgan fingerprint density at radius 2 is 2.32 bits per heavy atom. The second kappa shape index (κ2) is 7.32. The molecule has 19 heavy (non-hydrogen) atoms. The molecule has 0 radical (unpaired) electrons. The number of hydrogen-bond acceptors (Lipinski definition) is 4. The van der Waals surface area contributed by atoms with Crippen molar-refractivity contribution in [3.05, 3.63) is 29.8 Å². The van der Waals surface area contributed by atoms with E-state index in [1.54, 1.807) is 0 Å². The van der Waals surface area contributed by atoms with Crippen molar-refractivity contribution in [3.63, 3.8) is 0 Å². The molecule has 3 N–H and O–H groups in total. The molecular formula is C13H19IN4O. The molecule has 1 heterocycles. The predicted molar refractivity (Wildman–Crippen MR) is 87.9 cm³/mol. The molecule has 1 aliphatic rings. The van der Waals surface area contributed by atoms with E-state index < -0.39 is 0 Å². The average molecular weight is 374 g/mol. The molecule has 104 valence electrons. The van der Waals surface area contributed by atoms with Crippen molar-refractivity contribution in [1.29, 1.82) is 0 Å². The normalized spacial score (nSPS) is 16.9. The van der Waals surface area contributed by atoms with Gasteiger partial charge in [0.1, 0.15) is 0 Å². The number of benzene rings is 1. The minimum Gasteiger partial charge on any atom is -0.352 e. The number of carbonyl (C=O) groups is 1. The van der Waals surface area contributed by atoms with Crippen molar-refractivity contribution < 1.29 is 4.79 Å². The van der Waals surface area contributed by atoms with Crippen LogP contribution in [0.1, 0.15) is 19.4 Å². The third-order valence-electron chi connectivity index (χ3n) is 2.61. The Morgan fingerprint density at radius 3 is 2.95 bits per heavy atom. The Morgan fingerprint density at radius 1 is 1.53 bits per heavy atom. The summed E-state index contributed by atoms with van der Waals surface area (Å²) in [4.78, 5) is 15.3. The van der Waals surface area contributed by atoms with E-state index in [0.717, 1.165) is 23.8 Å². The summed E-state index contributed by atoms with van der Waals surface area (Å²) >= 11 is 0. The average Bonchev–Trinajstić information content (AvgIpc) is 2.72. The summed E-state index contributed by atoms with van der Waals surface area (Å²) in [5.74, 6) is 0.781. The van der Waals surface area contributed by atoms with Crippen LogP contribution in [0.15, 0.2) is 29.3 Å². The van der Waals surface area contributed by atoms with Crippen LogP contribution in [0, 0.1) is 0 Å². The highest BCUT2D eigenvalue weighted by Gasteiger charge is 2.11. The summed E-state index contributed by atoms with van der Waals surface area (Å²) < 4.78 is 0. The van der Waals surface area contributed by atoms with Gasteiger partial charge >= 0.3 is 0 Å². The van der Waals surface area contributed by atoms with Gasteiger partial charge in [-0.2, -0.15) is 0 Å². The predicted octanol–water partition coefficient (Wildman–Crippen LogP) is 1.70. The molecule has 0 saturated carbocycles. The van der Waals surface area contributed by atoms with Crippen molar-refractivity contribution in [1.82, 2.24) is 10.6 Å². The van der Waals surface area contributed by atoms with Gasteiger partial charge in [-0.05, 0) is 24.6 Å². The fourth-order valence-electron chi connectivity index (χ4n) is 1.81. The maximum atomic E-state index is 11.0. The van der Waals surface area contributed by atoms with Crippen molar-refractivity contribution in [2.24, 2.45) is 4.99 Å². The number of carbonyl (C=O) groups excluding carboxylic acids is 1. The first kappa shape index (κ1) is 15.7. The fraction of sp³-hybridized carbons (Fsp3) is 0.385. The van der Waals surface area contributed by atoms with Gasteiger partial charge in [-0.15, -0.1) is 24.0 Å². The number of hydrogen-bond donors (Lipinski definition) is 3. The Balaban J connectivity index is 0.00000180. The van der Waals surface area contributed by atoms with Crippen molar-refractivity contribution in [2.75, 3.05) is 11.9 Å². The third kappa shape index (κ3) is 5.06. The van der Waals surface area contributed by atoms with Gasteiger partial charge in [-0.3, -0.25) is 9.79 Å². The molecule has 0 fully saturated rings. The molecular weight excluding hydrogens is 355 g/mol. The zero-order valence-electron chi connectivity index (χ0n) is 11.1. The van der Waals surface area contributed by atoms with Crippen LogP contribution in [0.5, 0.6) is 0 Å². The van der Waals surface area contributed by atoms with Crippen LogP contribution >= 0.6 is 24.0 Å². The van der Waals surface area contributed by atoms with E-state index in [0.29, 0.717) is 12.6 Å². The molecule has 0 aliphatic carbocycles. The second-order valence-corrected chi connectivity index (χ2v) is 4.47. The molecule has 0 spiro atoms. The smallest absolute Gasteiger partial charge is 0.221 e. The minimum atomic E-state index is -0.0595. The molecule has 1 aliphatic heterocycles. The first-order chi connectivity index (χ1) is 8.63. The van der Waals surface area contributed by atoms with Crippen LogP contribution < -0.4 is 16.0 Å². The van der Waals surface area contributed by atoms with Gasteiger partial charge in [0.2, 0.25) is 5.91 Å². The zero-order chi connectivity index (χ0) is 13.0. The van der Waals surface area contributed by atoms with Crippen LogP contribution in [0.2, 0.25) is 0 Å². The fourth-order valence-corrected chi connectivity index (χ4v) is 1.81. The molecule has 6 heteroatoms. The molecule has 1 amide bonds. The Labute approximate surface area is 130 Å². The van der Waals surface area contributed by atoms with Gasteiger partial charge in [0.15, 0.2) is 5.96 Å². The number of nitrogens with zero attached hydrogens (tertiary/aromatic N) is 1. The molecule has 1 aromatic rings. The largest absolute Gasteiger partial charge is 0.352 e. The summed E-state index contributed by atoms with van der Waals surface area (Å²) in [5, 5.41) is 9.24. The highest BCUT2D eigenvalue weighted by atomic mass is 127. The molecule has 0 saturated heterocycles. The van der Waals surface area contributed by atoms with E-state index in [1.165, 1.54) is 6.92 Å². The van der Waals surface area contributed by atoms with Crippen LogP contribution in [-0.4, -0.2) is 24.5 Å². The number of amides is 1. The number of anilines is 1. The third-order valence-corrected chi connectivity index (χ3v) is 2.61. The summed E-state index contributed by atoms with van der Waals surface area (Å²) in [6.45, 7) is 5.10. The summed E-state index contributed by atoms with van der Waals surface area (Å²) in [5.41, 5.74) is 1.92. The lowest BCUT2D eigenvalue weighted by Crippen LogP contribution is -2.37. The van der Waals surface area contributed by atoms with Crippen LogP contribution in [0.25, 0.3) is 0 Å². The van der Waals surface area contributed by atoms with E-state index >= 15 is 0 Å². The van der Waals surface area contributed by atoms with Crippen molar-refractivity contribution in [3.8, 4) is 0 Å². The van der Waals surface area contributed by atoms with Crippen LogP contribution in [0.3, 0.4) is 0 Å². The summed E-state index contributed by atoms with van der Waals surface area (Å²) in [6, 6.07) is 8.16. The van der Waals surface area contributed by atoms with Gasteiger partial charge in [-0.25, -0.2) is 0 Å². The SMILES string of the molecule is CC(=O)Nc1cccc(CNC2=NCC(C)N2)c1.I. The lowest BCUT2D eigenvalue weighted by molar-refractivity contribution is -0.114.